The van der Waals surface area contributed by atoms with Crippen LogP contribution in [0.4, 0.5) is 16.2 Å². The molecule has 1 aliphatic heterocycles. The number of hydrogen-bond acceptors (Lipinski definition) is 3. The van der Waals surface area contributed by atoms with Crippen molar-refractivity contribution in [1.82, 2.24) is 4.90 Å². The fourth-order valence-corrected chi connectivity index (χ4v) is 2.92. The highest BCUT2D eigenvalue weighted by Crippen LogP contribution is 2.21. The zero-order valence-electron chi connectivity index (χ0n) is 13.5. The number of urea groups is 1. The third-order valence-electron chi connectivity index (χ3n) is 4.08. The third-order valence-corrected chi connectivity index (χ3v) is 4.32. The molecule has 2 aromatic rings. The molecular formula is C18H20ClN3O2. The van der Waals surface area contributed by atoms with Crippen LogP contribution in [0.3, 0.4) is 0 Å². The largest absolute Gasteiger partial charge is 0.497 e. The van der Waals surface area contributed by atoms with E-state index < -0.39 is 0 Å². The zero-order valence-corrected chi connectivity index (χ0v) is 14.3. The van der Waals surface area contributed by atoms with Gasteiger partial charge >= 0.3 is 6.03 Å². The van der Waals surface area contributed by atoms with Crippen LogP contribution < -0.4 is 15.0 Å². The van der Waals surface area contributed by atoms with Crippen LogP contribution in [0.2, 0.25) is 5.02 Å². The Morgan fingerprint density at radius 3 is 2.42 bits per heavy atom. The summed E-state index contributed by atoms with van der Waals surface area (Å²) < 4.78 is 5.18. The van der Waals surface area contributed by atoms with Gasteiger partial charge in [-0.15, -0.1) is 0 Å². The number of nitrogens with one attached hydrogen (secondary N) is 1. The van der Waals surface area contributed by atoms with Crippen LogP contribution in [-0.4, -0.2) is 44.2 Å². The van der Waals surface area contributed by atoms with Gasteiger partial charge in [0.2, 0.25) is 0 Å². The lowest BCUT2D eigenvalue weighted by molar-refractivity contribution is 0.208. The first-order valence-corrected chi connectivity index (χ1v) is 8.24. The summed E-state index contributed by atoms with van der Waals surface area (Å²) in [5, 5.41) is 3.50. The molecule has 1 saturated heterocycles. The highest BCUT2D eigenvalue weighted by Gasteiger charge is 2.21. The summed E-state index contributed by atoms with van der Waals surface area (Å²) in [4.78, 5) is 16.4. The maximum atomic E-state index is 12.3. The van der Waals surface area contributed by atoms with Crippen molar-refractivity contribution in [2.24, 2.45) is 0 Å². The van der Waals surface area contributed by atoms with Gasteiger partial charge in [-0.25, -0.2) is 4.79 Å². The SMILES string of the molecule is COc1ccc(N2CCN(C(=O)Nc3cccc(Cl)c3)CC2)cc1. The van der Waals surface area contributed by atoms with E-state index in [9.17, 15) is 4.79 Å². The van der Waals surface area contributed by atoms with Crippen molar-refractivity contribution in [1.29, 1.82) is 0 Å². The van der Waals surface area contributed by atoms with Crippen LogP contribution in [0.15, 0.2) is 48.5 Å². The molecule has 0 saturated carbocycles. The number of piperazine rings is 1. The maximum absolute atomic E-state index is 12.3. The Hall–Kier alpha value is -2.40. The molecule has 3 rings (SSSR count). The molecule has 5 nitrogen and oxygen atoms in total. The van der Waals surface area contributed by atoms with E-state index in [2.05, 4.69) is 10.2 Å². The molecule has 0 spiro atoms. The molecule has 1 aliphatic rings. The lowest BCUT2D eigenvalue weighted by Gasteiger charge is -2.36. The summed E-state index contributed by atoms with van der Waals surface area (Å²) in [6, 6.07) is 15.1. The first-order valence-electron chi connectivity index (χ1n) is 7.86. The van der Waals surface area contributed by atoms with Gasteiger partial charge in [-0.2, -0.15) is 0 Å². The molecule has 24 heavy (non-hydrogen) atoms. The first kappa shape index (κ1) is 16.5. The Morgan fingerprint density at radius 1 is 1.08 bits per heavy atom. The van der Waals surface area contributed by atoms with Crippen LogP contribution in [0.25, 0.3) is 0 Å². The summed E-state index contributed by atoms with van der Waals surface area (Å²) in [5.74, 6) is 0.846. The van der Waals surface area contributed by atoms with Gasteiger partial charge < -0.3 is 19.9 Å². The Balaban J connectivity index is 1.55. The molecule has 0 bridgehead atoms. The van der Waals surface area contributed by atoms with Crippen molar-refractivity contribution in [3.63, 3.8) is 0 Å². The molecule has 0 aliphatic carbocycles. The maximum Gasteiger partial charge on any atom is 0.321 e. The van der Waals surface area contributed by atoms with Gasteiger partial charge in [0, 0.05) is 42.6 Å². The van der Waals surface area contributed by atoms with Gasteiger partial charge in [0.1, 0.15) is 5.75 Å². The van der Waals surface area contributed by atoms with Gasteiger partial charge in [0.25, 0.3) is 0 Å². The second kappa shape index (κ2) is 7.45. The molecule has 2 aromatic carbocycles. The van der Waals surface area contributed by atoms with Crippen molar-refractivity contribution in [3.05, 3.63) is 53.6 Å². The summed E-state index contributed by atoms with van der Waals surface area (Å²) in [7, 11) is 1.66. The van der Waals surface area contributed by atoms with E-state index in [-0.39, 0.29) is 6.03 Å². The number of hydrogen-bond donors (Lipinski definition) is 1. The molecule has 0 radical (unpaired) electrons. The van der Waals surface area contributed by atoms with Gasteiger partial charge in [-0.3, -0.25) is 0 Å². The van der Waals surface area contributed by atoms with Crippen molar-refractivity contribution in [3.8, 4) is 5.75 Å². The number of carbonyl (C=O) groups is 1. The Morgan fingerprint density at radius 2 is 1.79 bits per heavy atom. The molecule has 1 N–H and O–H groups in total. The topological polar surface area (TPSA) is 44.8 Å². The van der Waals surface area contributed by atoms with E-state index in [1.165, 1.54) is 0 Å². The van der Waals surface area contributed by atoms with Crippen LogP contribution in [0.5, 0.6) is 5.75 Å². The van der Waals surface area contributed by atoms with E-state index in [1.54, 1.807) is 19.2 Å². The van der Waals surface area contributed by atoms with Crippen molar-refractivity contribution in [2.75, 3.05) is 43.5 Å². The quantitative estimate of drug-likeness (QED) is 0.922. The van der Waals surface area contributed by atoms with Gasteiger partial charge in [-0.05, 0) is 42.5 Å². The molecule has 0 atom stereocenters. The Bertz CT molecular complexity index is 698. The number of benzene rings is 2. The minimum Gasteiger partial charge on any atom is -0.497 e. The lowest BCUT2D eigenvalue weighted by atomic mass is 10.2. The van der Waals surface area contributed by atoms with Crippen LogP contribution in [0.1, 0.15) is 0 Å². The van der Waals surface area contributed by atoms with E-state index in [1.807, 2.05) is 41.3 Å². The summed E-state index contributed by atoms with van der Waals surface area (Å²) in [6.07, 6.45) is 0. The minimum absolute atomic E-state index is 0.0911. The Labute approximate surface area is 146 Å². The summed E-state index contributed by atoms with van der Waals surface area (Å²) in [6.45, 7) is 2.96. The fraction of sp³-hybridized carbons (Fsp3) is 0.278. The first-order chi connectivity index (χ1) is 11.7. The number of anilines is 2. The third kappa shape index (κ3) is 3.92. The highest BCUT2D eigenvalue weighted by atomic mass is 35.5. The summed E-state index contributed by atoms with van der Waals surface area (Å²) in [5.41, 5.74) is 1.86. The second-order valence-corrected chi connectivity index (χ2v) is 6.05. The molecule has 0 unspecified atom stereocenters. The standard InChI is InChI=1S/C18H20ClN3O2/c1-24-17-7-5-16(6-8-17)21-9-11-22(12-10-21)18(23)20-15-4-2-3-14(19)13-15/h2-8,13H,9-12H2,1H3,(H,20,23). The number of ether oxygens (including phenoxy) is 1. The molecule has 0 aromatic heterocycles. The van der Waals surface area contributed by atoms with E-state index >= 15 is 0 Å². The number of amides is 2. The van der Waals surface area contributed by atoms with Crippen LogP contribution in [0, 0.1) is 0 Å². The van der Waals surface area contributed by atoms with Gasteiger partial charge in [0.15, 0.2) is 0 Å². The molecule has 6 heteroatoms. The minimum atomic E-state index is -0.0911. The van der Waals surface area contributed by atoms with Crippen LogP contribution >= 0.6 is 11.6 Å². The van der Waals surface area contributed by atoms with Crippen molar-refractivity contribution >= 4 is 29.0 Å². The highest BCUT2D eigenvalue weighted by molar-refractivity contribution is 6.30. The average molecular weight is 346 g/mol. The second-order valence-electron chi connectivity index (χ2n) is 5.61. The predicted molar refractivity (Wildman–Crippen MR) is 97.3 cm³/mol. The number of halogens is 1. The van der Waals surface area contributed by atoms with E-state index in [0.717, 1.165) is 24.5 Å². The van der Waals surface area contributed by atoms with E-state index in [0.29, 0.717) is 23.8 Å². The average Bonchev–Trinajstić information content (AvgIpc) is 2.62. The van der Waals surface area contributed by atoms with Crippen LogP contribution in [-0.2, 0) is 0 Å². The molecule has 1 heterocycles. The molecule has 2 amide bonds. The predicted octanol–water partition coefficient (Wildman–Crippen LogP) is 3.70. The smallest absolute Gasteiger partial charge is 0.321 e. The number of rotatable bonds is 3. The number of carbonyl (C=O) groups excluding carboxylic acids is 1. The lowest BCUT2D eigenvalue weighted by Crippen LogP contribution is -2.50. The zero-order chi connectivity index (χ0) is 16.9. The normalized spacial score (nSPS) is 14.4. The fourth-order valence-electron chi connectivity index (χ4n) is 2.73. The van der Waals surface area contributed by atoms with Gasteiger partial charge in [0.05, 0.1) is 7.11 Å². The monoisotopic (exact) mass is 345 g/mol. The van der Waals surface area contributed by atoms with Crippen molar-refractivity contribution in [2.45, 2.75) is 0 Å². The number of methoxy groups -OCH3 is 1. The molecular weight excluding hydrogens is 326 g/mol. The number of nitrogens with zero attached hydrogens (tertiary/aromatic N) is 2. The van der Waals surface area contributed by atoms with E-state index in [4.69, 9.17) is 16.3 Å². The summed E-state index contributed by atoms with van der Waals surface area (Å²) >= 11 is 5.94. The van der Waals surface area contributed by atoms with Gasteiger partial charge in [-0.1, -0.05) is 17.7 Å². The molecule has 1 fully saturated rings. The molecule has 126 valence electrons. The Kier molecular flexibility index (Phi) is 5.11. The van der Waals surface area contributed by atoms with Crippen molar-refractivity contribution < 1.29 is 9.53 Å².